The number of aliphatic imine (C=N–C) groups is 1. The van der Waals surface area contributed by atoms with Gasteiger partial charge in [0, 0.05) is 26.8 Å². The van der Waals surface area contributed by atoms with Crippen molar-refractivity contribution in [1.29, 1.82) is 0 Å². The van der Waals surface area contributed by atoms with Crippen molar-refractivity contribution in [3.8, 4) is 0 Å². The molecule has 17 heavy (non-hydrogen) atoms. The number of methoxy groups -OCH3 is 1. The first-order valence-electron chi connectivity index (χ1n) is 6.20. The van der Waals surface area contributed by atoms with E-state index in [4.69, 9.17) is 9.47 Å². The lowest BCUT2D eigenvalue weighted by molar-refractivity contribution is 0.0310. The summed E-state index contributed by atoms with van der Waals surface area (Å²) in [5.74, 6) is 0.803. The van der Waals surface area contributed by atoms with Crippen LogP contribution >= 0.6 is 0 Å². The Morgan fingerprint density at radius 2 is 1.94 bits per heavy atom. The molecule has 0 atom stereocenters. The minimum absolute atomic E-state index is 0.234. The summed E-state index contributed by atoms with van der Waals surface area (Å²) in [5, 5.41) is 6.39. The van der Waals surface area contributed by atoms with Crippen molar-refractivity contribution in [2.24, 2.45) is 4.99 Å². The molecule has 0 aliphatic rings. The van der Waals surface area contributed by atoms with E-state index in [2.05, 4.69) is 15.6 Å². The predicted molar refractivity (Wildman–Crippen MR) is 71.6 cm³/mol. The van der Waals surface area contributed by atoms with Gasteiger partial charge in [-0.3, -0.25) is 4.99 Å². The largest absolute Gasteiger partial charge is 0.380 e. The van der Waals surface area contributed by atoms with Crippen LogP contribution in [-0.2, 0) is 9.47 Å². The number of guanidine groups is 1. The maximum absolute atomic E-state index is 5.32. The van der Waals surface area contributed by atoms with Gasteiger partial charge in [0.2, 0.25) is 0 Å². The fourth-order valence-electron chi connectivity index (χ4n) is 1.06. The first-order chi connectivity index (χ1) is 8.05. The number of ether oxygens (including phenoxy) is 2. The Hall–Kier alpha value is -0.810. The highest BCUT2D eigenvalue weighted by Crippen LogP contribution is 2.06. The second kappa shape index (κ2) is 9.24. The Kier molecular flexibility index (Phi) is 8.80. The van der Waals surface area contributed by atoms with E-state index in [9.17, 15) is 0 Å². The average Bonchev–Trinajstić information content (AvgIpc) is 2.31. The van der Waals surface area contributed by atoms with Gasteiger partial charge in [0.1, 0.15) is 0 Å². The summed E-state index contributed by atoms with van der Waals surface area (Å²) in [4.78, 5) is 4.47. The Bertz CT molecular complexity index is 218. The molecule has 0 aromatic carbocycles. The summed E-state index contributed by atoms with van der Waals surface area (Å²) in [6, 6.07) is 0. The molecule has 102 valence electrons. The van der Waals surface area contributed by atoms with E-state index in [1.807, 2.05) is 27.7 Å². The van der Waals surface area contributed by atoms with Gasteiger partial charge in [0.05, 0.1) is 18.8 Å². The van der Waals surface area contributed by atoms with Crippen molar-refractivity contribution in [3.63, 3.8) is 0 Å². The van der Waals surface area contributed by atoms with Crippen LogP contribution in [0.15, 0.2) is 4.99 Å². The first kappa shape index (κ1) is 16.2. The van der Waals surface area contributed by atoms with E-state index < -0.39 is 0 Å². The van der Waals surface area contributed by atoms with Gasteiger partial charge in [-0.1, -0.05) is 0 Å². The standard InChI is InChI=1S/C12H27N3O2/c1-6-13-11(14-8-9-17-7-2)15-10-12(3,4)16-5/h6-10H2,1-5H3,(H2,13,14,15). The highest BCUT2D eigenvalue weighted by atomic mass is 16.5. The zero-order valence-corrected chi connectivity index (χ0v) is 11.8. The topological polar surface area (TPSA) is 54.9 Å². The summed E-state index contributed by atoms with van der Waals surface area (Å²) < 4.78 is 10.6. The molecule has 0 bridgehead atoms. The molecule has 2 N–H and O–H groups in total. The number of rotatable bonds is 8. The Balaban J connectivity index is 4.07. The van der Waals surface area contributed by atoms with Crippen LogP contribution in [-0.4, -0.2) is 51.5 Å². The van der Waals surface area contributed by atoms with E-state index >= 15 is 0 Å². The van der Waals surface area contributed by atoms with Crippen LogP contribution < -0.4 is 10.6 Å². The molecule has 0 aromatic rings. The van der Waals surface area contributed by atoms with Crippen molar-refractivity contribution in [3.05, 3.63) is 0 Å². The van der Waals surface area contributed by atoms with Gasteiger partial charge < -0.3 is 20.1 Å². The lowest BCUT2D eigenvalue weighted by atomic mass is 10.1. The minimum atomic E-state index is -0.234. The van der Waals surface area contributed by atoms with Crippen molar-refractivity contribution in [1.82, 2.24) is 10.6 Å². The minimum Gasteiger partial charge on any atom is -0.380 e. The van der Waals surface area contributed by atoms with E-state index in [-0.39, 0.29) is 5.60 Å². The molecule has 0 rings (SSSR count). The van der Waals surface area contributed by atoms with E-state index in [1.165, 1.54) is 0 Å². The van der Waals surface area contributed by atoms with E-state index in [0.29, 0.717) is 13.2 Å². The van der Waals surface area contributed by atoms with E-state index in [0.717, 1.165) is 25.7 Å². The molecule has 0 spiro atoms. The third-order valence-corrected chi connectivity index (χ3v) is 2.26. The summed E-state index contributed by atoms with van der Waals surface area (Å²) in [7, 11) is 1.70. The molecule has 0 fully saturated rings. The first-order valence-corrected chi connectivity index (χ1v) is 6.20. The smallest absolute Gasteiger partial charge is 0.191 e. The Morgan fingerprint density at radius 3 is 2.47 bits per heavy atom. The molecule has 0 heterocycles. The van der Waals surface area contributed by atoms with E-state index in [1.54, 1.807) is 7.11 Å². The van der Waals surface area contributed by atoms with Crippen LogP contribution in [0.3, 0.4) is 0 Å². The van der Waals surface area contributed by atoms with Crippen molar-refractivity contribution in [2.45, 2.75) is 33.3 Å². The van der Waals surface area contributed by atoms with Gasteiger partial charge in [-0.15, -0.1) is 0 Å². The fraction of sp³-hybridized carbons (Fsp3) is 0.917. The third kappa shape index (κ3) is 8.94. The third-order valence-electron chi connectivity index (χ3n) is 2.26. The highest BCUT2D eigenvalue weighted by Gasteiger charge is 2.15. The Labute approximate surface area is 105 Å². The molecular formula is C12H27N3O2. The molecule has 0 amide bonds. The number of hydrogen-bond acceptors (Lipinski definition) is 3. The zero-order chi connectivity index (χ0) is 13.1. The number of nitrogens with one attached hydrogen (secondary N) is 2. The van der Waals surface area contributed by atoms with Gasteiger partial charge in [-0.2, -0.15) is 0 Å². The fourth-order valence-corrected chi connectivity index (χ4v) is 1.06. The van der Waals surface area contributed by atoms with Crippen LogP contribution in [0.4, 0.5) is 0 Å². The van der Waals surface area contributed by atoms with Crippen LogP contribution in [0.2, 0.25) is 0 Å². The quantitative estimate of drug-likeness (QED) is 0.380. The van der Waals surface area contributed by atoms with Crippen molar-refractivity contribution >= 4 is 5.96 Å². The molecule has 5 nitrogen and oxygen atoms in total. The van der Waals surface area contributed by atoms with Crippen LogP contribution in [0.5, 0.6) is 0 Å². The summed E-state index contributed by atoms with van der Waals surface area (Å²) in [6.07, 6.45) is 0. The monoisotopic (exact) mass is 245 g/mol. The summed E-state index contributed by atoms with van der Waals surface area (Å²) in [6.45, 7) is 11.7. The highest BCUT2D eigenvalue weighted by molar-refractivity contribution is 5.79. The lowest BCUT2D eigenvalue weighted by Gasteiger charge is -2.21. The maximum Gasteiger partial charge on any atom is 0.191 e. The molecule has 0 aliphatic carbocycles. The van der Waals surface area contributed by atoms with Crippen molar-refractivity contribution < 1.29 is 9.47 Å². The van der Waals surface area contributed by atoms with Gasteiger partial charge in [0.25, 0.3) is 0 Å². The molecule has 0 saturated carbocycles. The molecule has 0 saturated heterocycles. The second-order valence-corrected chi connectivity index (χ2v) is 4.28. The summed E-state index contributed by atoms with van der Waals surface area (Å²) >= 11 is 0. The van der Waals surface area contributed by atoms with Crippen LogP contribution in [0.25, 0.3) is 0 Å². The van der Waals surface area contributed by atoms with Gasteiger partial charge in [0.15, 0.2) is 5.96 Å². The summed E-state index contributed by atoms with van der Waals surface area (Å²) in [5.41, 5.74) is -0.234. The number of nitrogens with zero attached hydrogens (tertiary/aromatic N) is 1. The van der Waals surface area contributed by atoms with Crippen LogP contribution in [0, 0.1) is 0 Å². The lowest BCUT2D eigenvalue weighted by Crippen LogP contribution is -2.40. The molecular weight excluding hydrogens is 218 g/mol. The number of hydrogen-bond donors (Lipinski definition) is 2. The second-order valence-electron chi connectivity index (χ2n) is 4.28. The molecule has 0 unspecified atom stereocenters. The molecule has 0 radical (unpaired) electrons. The average molecular weight is 245 g/mol. The zero-order valence-electron chi connectivity index (χ0n) is 11.8. The normalized spacial score (nSPS) is 12.6. The SMILES string of the molecule is CCNC(=NCC(C)(C)OC)NCCOCC. The maximum atomic E-state index is 5.32. The Morgan fingerprint density at radius 1 is 1.24 bits per heavy atom. The van der Waals surface area contributed by atoms with Crippen LogP contribution in [0.1, 0.15) is 27.7 Å². The molecule has 5 heteroatoms. The van der Waals surface area contributed by atoms with Gasteiger partial charge in [-0.25, -0.2) is 0 Å². The predicted octanol–water partition coefficient (Wildman–Crippen LogP) is 1.00. The molecule has 0 aliphatic heterocycles. The van der Waals surface area contributed by atoms with Crippen molar-refractivity contribution in [2.75, 3.05) is 40.0 Å². The molecule has 0 aromatic heterocycles. The van der Waals surface area contributed by atoms with Gasteiger partial charge >= 0.3 is 0 Å². The van der Waals surface area contributed by atoms with Gasteiger partial charge in [-0.05, 0) is 27.7 Å².